The van der Waals surface area contributed by atoms with E-state index in [4.69, 9.17) is 0 Å². The Balaban J connectivity index is 1.48. The third kappa shape index (κ3) is 4.18. The highest BCUT2D eigenvalue weighted by Gasteiger charge is 2.27. The second kappa shape index (κ2) is 8.62. The molecule has 0 bridgehead atoms. The van der Waals surface area contributed by atoms with E-state index in [1.807, 2.05) is 47.4 Å². The van der Waals surface area contributed by atoms with Crippen LogP contribution < -0.4 is 16.0 Å². The zero-order valence-corrected chi connectivity index (χ0v) is 17.3. The summed E-state index contributed by atoms with van der Waals surface area (Å²) in [4.78, 5) is 37.6. The number of nitrogens with one attached hydrogen (secondary N) is 3. The molecular formula is C22H22N4O3S. The molecule has 0 spiro atoms. The zero-order valence-electron chi connectivity index (χ0n) is 16.5. The van der Waals surface area contributed by atoms with E-state index in [9.17, 15) is 14.4 Å². The van der Waals surface area contributed by atoms with Crippen molar-refractivity contribution < 1.29 is 14.4 Å². The van der Waals surface area contributed by atoms with Gasteiger partial charge >= 0.3 is 0 Å². The number of anilines is 2. The van der Waals surface area contributed by atoms with Crippen LogP contribution in [0.5, 0.6) is 0 Å². The molecule has 1 aliphatic heterocycles. The van der Waals surface area contributed by atoms with Crippen LogP contribution in [0.3, 0.4) is 0 Å². The van der Waals surface area contributed by atoms with Gasteiger partial charge in [-0.15, -0.1) is 0 Å². The highest BCUT2D eigenvalue weighted by molar-refractivity contribution is 7.98. The van der Waals surface area contributed by atoms with Gasteiger partial charge in [0.2, 0.25) is 11.8 Å². The number of rotatable bonds is 6. The van der Waals surface area contributed by atoms with E-state index in [1.165, 1.54) is 0 Å². The minimum Gasteiger partial charge on any atom is -0.340 e. The maximum atomic E-state index is 12.6. The molecule has 1 aromatic heterocycles. The van der Waals surface area contributed by atoms with Crippen LogP contribution in [0.4, 0.5) is 11.4 Å². The van der Waals surface area contributed by atoms with Gasteiger partial charge in [-0.3, -0.25) is 14.4 Å². The van der Waals surface area contributed by atoms with Crippen molar-refractivity contribution in [2.45, 2.75) is 19.0 Å². The molecular weight excluding hydrogens is 400 g/mol. The van der Waals surface area contributed by atoms with Crippen LogP contribution in [0.25, 0.3) is 10.9 Å². The first-order valence-electron chi connectivity index (χ1n) is 9.63. The smallest absolute Gasteiger partial charge is 0.254 e. The Morgan fingerprint density at radius 3 is 2.83 bits per heavy atom. The Labute approximate surface area is 178 Å². The second-order valence-corrected chi connectivity index (χ2v) is 8.09. The largest absolute Gasteiger partial charge is 0.340 e. The van der Waals surface area contributed by atoms with Gasteiger partial charge in [0.25, 0.3) is 5.91 Å². The Bertz CT molecular complexity index is 1120. The summed E-state index contributed by atoms with van der Waals surface area (Å²) in [6.07, 6.45) is 4.39. The van der Waals surface area contributed by atoms with Crippen LogP contribution in [0, 0.1) is 0 Å². The molecule has 1 unspecified atom stereocenters. The molecule has 0 fully saturated rings. The molecule has 0 aliphatic carbocycles. The molecule has 7 nitrogen and oxygen atoms in total. The summed E-state index contributed by atoms with van der Waals surface area (Å²) in [6.45, 7) is 0.157. The van der Waals surface area contributed by atoms with Gasteiger partial charge in [0.1, 0.15) is 12.6 Å². The maximum absolute atomic E-state index is 12.6. The molecule has 0 saturated heterocycles. The van der Waals surface area contributed by atoms with Crippen LogP contribution in [-0.4, -0.2) is 40.3 Å². The molecule has 8 heteroatoms. The first kappa shape index (κ1) is 20.0. The number of thioether (sulfide) groups is 1. The molecule has 0 saturated carbocycles. The topological polar surface area (TPSA) is 92.2 Å². The fourth-order valence-corrected chi connectivity index (χ4v) is 3.98. The fourth-order valence-electron chi connectivity index (χ4n) is 3.51. The molecule has 3 aromatic rings. The van der Waals surface area contributed by atoms with E-state index < -0.39 is 6.04 Å². The number of aromatic nitrogens is 1. The Hall–Kier alpha value is -3.26. The molecule has 4 rings (SSSR count). The monoisotopic (exact) mass is 422 g/mol. The SMILES string of the molecule is CSCCC1NC(=O)c2cc(NC(=O)Cn3ccc4ccccc43)ccc2NC1=O. The maximum Gasteiger partial charge on any atom is 0.254 e. The number of carbonyl (C=O) groups excluding carboxylic acids is 3. The van der Waals surface area contributed by atoms with Gasteiger partial charge in [-0.1, -0.05) is 18.2 Å². The molecule has 0 radical (unpaired) electrons. The predicted molar refractivity (Wildman–Crippen MR) is 120 cm³/mol. The molecule has 30 heavy (non-hydrogen) atoms. The van der Waals surface area contributed by atoms with Crippen molar-refractivity contribution in [3.8, 4) is 0 Å². The van der Waals surface area contributed by atoms with Crippen molar-refractivity contribution in [2.75, 3.05) is 22.6 Å². The highest BCUT2D eigenvalue weighted by atomic mass is 32.2. The summed E-state index contributed by atoms with van der Waals surface area (Å²) >= 11 is 1.62. The van der Waals surface area contributed by atoms with Crippen molar-refractivity contribution in [1.29, 1.82) is 0 Å². The van der Waals surface area contributed by atoms with Crippen LogP contribution in [0.2, 0.25) is 0 Å². The number of fused-ring (bicyclic) bond motifs is 2. The van der Waals surface area contributed by atoms with Crippen LogP contribution in [0.1, 0.15) is 16.8 Å². The number of hydrogen-bond donors (Lipinski definition) is 3. The Morgan fingerprint density at radius 2 is 2.00 bits per heavy atom. The van der Waals surface area contributed by atoms with Crippen LogP contribution >= 0.6 is 11.8 Å². The predicted octanol–water partition coefficient (Wildman–Crippen LogP) is 3.08. The summed E-state index contributed by atoms with van der Waals surface area (Å²) in [6, 6.07) is 14.2. The molecule has 2 aromatic carbocycles. The molecule has 1 atom stereocenters. The number of para-hydroxylation sites is 1. The van der Waals surface area contributed by atoms with Crippen molar-refractivity contribution >= 4 is 51.8 Å². The minimum absolute atomic E-state index is 0.157. The van der Waals surface area contributed by atoms with Crippen molar-refractivity contribution in [3.63, 3.8) is 0 Å². The third-order valence-electron chi connectivity index (χ3n) is 5.03. The minimum atomic E-state index is -0.572. The second-order valence-electron chi connectivity index (χ2n) is 7.11. The van der Waals surface area contributed by atoms with E-state index in [0.717, 1.165) is 16.7 Å². The average Bonchev–Trinajstić information content (AvgIpc) is 3.09. The fraction of sp³-hybridized carbons (Fsp3) is 0.227. The highest BCUT2D eigenvalue weighted by Crippen LogP contribution is 2.24. The standard InChI is InChI=1S/C22H22N4O3S/c1-30-11-9-18-22(29)24-17-7-6-15(12-16(17)21(28)25-18)23-20(27)13-26-10-8-14-4-2-3-5-19(14)26/h2-8,10,12,18H,9,11,13H2,1H3,(H,23,27)(H,24,29)(H,25,28). The number of hydrogen-bond acceptors (Lipinski definition) is 4. The zero-order chi connectivity index (χ0) is 21.1. The van der Waals surface area contributed by atoms with Crippen LogP contribution in [0.15, 0.2) is 54.7 Å². The molecule has 154 valence electrons. The lowest BCUT2D eigenvalue weighted by Gasteiger charge is -2.13. The van der Waals surface area contributed by atoms with Crippen molar-refractivity contribution in [2.24, 2.45) is 0 Å². The summed E-state index contributed by atoms with van der Waals surface area (Å²) in [5, 5.41) is 9.48. The summed E-state index contributed by atoms with van der Waals surface area (Å²) in [5.41, 5.74) is 2.26. The van der Waals surface area contributed by atoms with E-state index in [0.29, 0.717) is 23.4 Å². The van der Waals surface area contributed by atoms with Gasteiger partial charge in [-0.25, -0.2) is 0 Å². The summed E-state index contributed by atoms with van der Waals surface area (Å²) in [5.74, 6) is 0.00554. The molecule has 1 aliphatic rings. The number of amides is 3. The Morgan fingerprint density at radius 1 is 1.17 bits per heavy atom. The third-order valence-corrected chi connectivity index (χ3v) is 5.68. The van der Waals surface area contributed by atoms with E-state index in [-0.39, 0.29) is 24.3 Å². The first-order chi connectivity index (χ1) is 14.5. The number of nitrogens with zero attached hydrogens (tertiary/aromatic N) is 1. The lowest BCUT2D eigenvalue weighted by Crippen LogP contribution is -2.41. The van der Waals surface area contributed by atoms with Crippen molar-refractivity contribution in [1.82, 2.24) is 9.88 Å². The first-order valence-corrected chi connectivity index (χ1v) is 11.0. The van der Waals surface area contributed by atoms with E-state index >= 15 is 0 Å². The average molecular weight is 423 g/mol. The molecule has 2 heterocycles. The number of benzene rings is 2. The number of carbonyl (C=O) groups is 3. The van der Waals surface area contributed by atoms with E-state index in [2.05, 4.69) is 16.0 Å². The van der Waals surface area contributed by atoms with Gasteiger partial charge in [-0.05, 0) is 54.1 Å². The van der Waals surface area contributed by atoms with Gasteiger partial charge in [-0.2, -0.15) is 11.8 Å². The van der Waals surface area contributed by atoms with Gasteiger partial charge in [0.05, 0.1) is 11.3 Å². The van der Waals surface area contributed by atoms with Gasteiger partial charge in [0, 0.05) is 17.4 Å². The van der Waals surface area contributed by atoms with Crippen LogP contribution in [-0.2, 0) is 16.1 Å². The van der Waals surface area contributed by atoms with E-state index in [1.54, 1.807) is 30.0 Å². The summed E-state index contributed by atoms with van der Waals surface area (Å²) < 4.78 is 1.87. The molecule has 3 N–H and O–H groups in total. The lowest BCUT2D eigenvalue weighted by atomic mass is 10.1. The summed E-state index contributed by atoms with van der Waals surface area (Å²) in [7, 11) is 0. The molecule has 3 amide bonds. The quantitative estimate of drug-likeness (QED) is 0.569. The lowest BCUT2D eigenvalue weighted by molar-refractivity contribution is -0.118. The van der Waals surface area contributed by atoms with Gasteiger partial charge in [0.15, 0.2) is 0 Å². The van der Waals surface area contributed by atoms with Gasteiger partial charge < -0.3 is 20.5 Å². The normalized spacial score (nSPS) is 15.8. The van der Waals surface area contributed by atoms with Crippen molar-refractivity contribution in [3.05, 3.63) is 60.3 Å². The Kier molecular flexibility index (Phi) is 5.76.